The lowest BCUT2D eigenvalue weighted by Crippen LogP contribution is -2.59. The Balaban J connectivity index is 0.000000175. The van der Waals surface area contributed by atoms with E-state index in [-0.39, 0.29) is 18.0 Å². The molecular formula is C32H54N10O2. The van der Waals surface area contributed by atoms with Crippen LogP contribution in [0.15, 0.2) is 37.4 Å². The van der Waals surface area contributed by atoms with Crippen molar-refractivity contribution in [1.29, 1.82) is 0 Å². The lowest BCUT2D eigenvalue weighted by molar-refractivity contribution is -0.142. The van der Waals surface area contributed by atoms with Crippen molar-refractivity contribution in [2.45, 2.75) is 88.6 Å². The number of imidazole rings is 2. The Morgan fingerprint density at radius 2 is 1.39 bits per heavy atom. The van der Waals surface area contributed by atoms with E-state index in [0.29, 0.717) is 18.0 Å². The molecule has 2 aromatic rings. The fourth-order valence-corrected chi connectivity index (χ4v) is 7.11. The van der Waals surface area contributed by atoms with Crippen LogP contribution in [-0.4, -0.2) is 141 Å². The molecule has 6 rings (SSSR count). The molecule has 0 bridgehead atoms. The summed E-state index contributed by atoms with van der Waals surface area (Å²) in [7, 11) is 4.19. The van der Waals surface area contributed by atoms with E-state index < -0.39 is 0 Å². The first kappa shape index (κ1) is 32.6. The summed E-state index contributed by atoms with van der Waals surface area (Å²) in [5.41, 5.74) is 0. The minimum atomic E-state index is -0.0485. The van der Waals surface area contributed by atoms with Crippen molar-refractivity contribution in [2.24, 2.45) is 0 Å². The third-order valence-electron chi connectivity index (χ3n) is 9.86. The van der Waals surface area contributed by atoms with Crippen molar-refractivity contribution in [3.8, 4) is 0 Å². The number of piperazine rings is 2. The molecule has 44 heavy (non-hydrogen) atoms. The second kappa shape index (κ2) is 16.5. The Morgan fingerprint density at radius 1 is 0.773 bits per heavy atom. The third kappa shape index (κ3) is 8.89. The van der Waals surface area contributed by atoms with E-state index in [4.69, 9.17) is 0 Å². The van der Waals surface area contributed by atoms with Gasteiger partial charge in [0.25, 0.3) is 0 Å². The highest BCUT2D eigenvalue weighted by molar-refractivity contribution is 5.83. The molecule has 0 spiro atoms. The summed E-state index contributed by atoms with van der Waals surface area (Å²) in [4.78, 5) is 42.8. The van der Waals surface area contributed by atoms with Crippen molar-refractivity contribution in [3.63, 3.8) is 0 Å². The zero-order valence-corrected chi connectivity index (χ0v) is 26.9. The standard InChI is InChI=1S/C17H29N5O.C15H25N5O/c1-19-11-12-20(2)16(13-19)17(23)22-8-4-3-5-15(22)6-9-21-10-7-18-14-21;21-15(14-11-16-5-6-18-14)20-8-2-1-3-13(20)4-9-19-10-7-17-12-19/h7,10,14-16H,3-6,8-9,11-13H2,1-2H3;7,10,12-14,16,18H,1-6,8-9,11H2/t15?,16-;13?,14-/m11/s1. The van der Waals surface area contributed by atoms with Gasteiger partial charge in [-0.15, -0.1) is 0 Å². The van der Waals surface area contributed by atoms with E-state index in [1.165, 1.54) is 12.8 Å². The van der Waals surface area contributed by atoms with Crippen LogP contribution in [0, 0.1) is 0 Å². The van der Waals surface area contributed by atoms with Gasteiger partial charge in [0.1, 0.15) is 6.04 Å². The molecule has 4 saturated heterocycles. The van der Waals surface area contributed by atoms with E-state index in [2.05, 4.69) is 63.4 Å². The van der Waals surface area contributed by atoms with E-state index in [0.717, 1.165) is 104 Å². The van der Waals surface area contributed by atoms with Crippen LogP contribution in [0.5, 0.6) is 0 Å². The van der Waals surface area contributed by atoms with Crippen molar-refractivity contribution in [2.75, 3.05) is 66.5 Å². The Labute approximate surface area is 263 Å². The van der Waals surface area contributed by atoms with Gasteiger partial charge in [-0.3, -0.25) is 14.5 Å². The molecule has 0 aromatic carbocycles. The number of aryl methyl sites for hydroxylation is 2. The number of amides is 2. The number of hydrogen-bond acceptors (Lipinski definition) is 8. The van der Waals surface area contributed by atoms with Crippen LogP contribution in [0.3, 0.4) is 0 Å². The van der Waals surface area contributed by atoms with Crippen LogP contribution in [0.4, 0.5) is 0 Å². The SMILES string of the molecule is CN1CCN(C)[C@@H](C(=O)N2CCCCC2CCn2ccnc2)C1.O=C([C@H]1CNCCN1)N1CCCCC1CCn1ccnc1. The first-order valence-corrected chi connectivity index (χ1v) is 16.8. The molecule has 4 aliphatic heterocycles. The Bertz CT molecular complexity index is 1120. The van der Waals surface area contributed by atoms with Crippen LogP contribution < -0.4 is 10.6 Å². The highest BCUT2D eigenvalue weighted by Gasteiger charge is 2.36. The predicted octanol–water partition coefficient (Wildman–Crippen LogP) is 1.12. The van der Waals surface area contributed by atoms with Crippen molar-refractivity contribution in [1.82, 2.24) is 49.3 Å². The van der Waals surface area contributed by atoms with Gasteiger partial charge < -0.3 is 34.5 Å². The molecule has 6 heterocycles. The first-order chi connectivity index (χ1) is 21.5. The maximum Gasteiger partial charge on any atom is 0.241 e. The molecule has 2 aromatic heterocycles. The number of nitrogens with one attached hydrogen (secondary N) is 2. The Hall–Kier alpha value is -2.80. The number of rotatable bonds is 8. The fourth-order valence-electron chi connectivity index (χ4n) is 7.11. The van der Waals surface area contributed by atoms with Crippen LogP contribution in [-0.2, 0) is 22.7 Å². The average molecular weight is 611 g/mol. The summed E-state index contributed by atoms with van der Waals surface area (Å²) in [5, 5.41) is 6.64. The molecule has 244 valence electrons. The van der Waals surface area contributed by atoms with Gasteiger partial charge in [0, 0.05) is 102 Å². The number of carbonyl (C=O) groups is 2. The smallest absolute Gasteiger partial charge is 0.241 e. The van der Waals surface area contributed by atoms with Gasteiger partial charge in [0.15, 0.2) is 0 Å². The topological polar surface area (TPSA) is 107 Å². The fraction of sp³-hybridized carbons (Fsp3) is 0.750. The highest BCUT2D eigenvalue weighted by atomic mass is 16.2. The summed E-state index contributed by atoms with van der Waals surface area (Å²) < 4.78 is 4.20. The second-order valence-corrected chi connectivity index (χ2v) is 13.0. The summed E-state index contributed by atoms with van der Waals surface area (Å²) in [5.74, 6) is 0.604. The zero-order chi connectivity index (χ0) is 30.7. The molecule has 2 unspecified atom stereocenters. The van der Waals surface area contributed by atoms with Gasteiger partial charge in [-0.2, -0.15) is 0 Å². The normalized spacial score (nSPS) is 27.0. The predicted molar refractivity (Wildman–Crippen MR) is 171 cm³/mol. The summed E-state index contributed by atoms with van der Waals surface area (Å²) in [6, 6.07) is 0.715. The number of hydrogen-bond donors (Lipinski definition) is 2. The molecule has 0 saturated carbocycles. The monoisotopic (exact) mass is 610 g/mol. The van der Waals surface area contributed by atoms with Crippen LogP contribution >= 0.6 is 0 Å². The Kier molecular flexibility index (Phi) is 12.2. The number of carbonyl (C=O) groups excluding carboxylic acids is 2. The molecule has 0 radical (unpaired) electrons. The average Bonchev–Trinajstić information content (AvgIpc) is 3.79. The van der Waals surface area contributed by atoms with Gasteiger partial charge in [-0.25, -0.2) is 9.97 Å². The van der Waals surface area contributed by atoms with Gasteiger partial charge in [0.2, 0.25) is 11.8 Å². The van der Waals surface area contributed by atoms with Crippen molar-refractivity contribution < 1.29 is 9.59 Å². The molecule has 4 atom stereocenters. The number of aromatic nitrogens is 4. The molecule has 12 heteroatoms. The first-order valence-electron chi connectivity index (χ1n) is 16.8. The lowest BCUT2D eigenvalue weighted by atomic mass is 9.97. The lowest BCUT2D eigenvalue weighted by Gasteiger charge is -2.43. The maximum atomic E-state index is 13.1. The van der Waals surface area contributed by atoms with Crippen molar-refractivity contribution >= 4 is 11.8 Å². The van der Waals surface area contributed by atoms with Gasteiger partial charge in [-0.1, -0.05) is 0 Å². The zero-order valence-electron chi connectivity index (χ0n) is 26.9. The summed E-state index contributed by atoms with van der Waals surface area (Å²) in [6.07, 6.45) is 20.4. The second-order valence-electron chi connectivity index (χ2n) is 13.0. The van der Waals surface area contributed by atoms with Crippen molar-refractivity contribution in [3.05, 3.63) is 37.4 Å². The van der Waals surface area contributed by atoms with Gasteiger partial charge >= 0.3 is 0 Å². The Morgan fingerprint density at radius 3 is 1.93 bits per heavy atom. The molecular weight excluding hydrogens is 556 g/mol. The number of likely N-dealkylation sites (N-methyl/N-ethyl adjacent to an activating group) is 2. The molecule has 0 aliphatic carbocycles. The molecule has 4 fully saturated rings. The van der Waals surface area contributed by atoms with Crippen LogP contribution in [0.25, 0.3) is 0 Å². The van der Waals surface area contributed by atoms with E-state index in [1.54, 1.807) is 6.20 Å². The molecule has 2 amide bonds. The largest absolute Gasteiger partial charge is 0.338 e. The van der Waals surface area contributed by atoms with Gasteiger partial charge in [0.05, 0.1) is 18.7 Å². The summed E-state index contributed by atoms with van der Waals surface area (Å²) in [6.45, 7) is 9.15. The minimum Gasteiger partial charge on any atom is -0.338 e. The number of piperidine rings is 2. The van der Waals surface area contributed by atoms with E-state index in [9.17, 15) is 9.59 Å². The molecule has 2 N–H and O–H groups in total. The number of nitrogens with zero attached hydrogens (tertiary/aromatic N) is 8. The molecule has 12 nitrogen and oxygen atoms in total. The minimum absolute atomic E-state index is 0.0163. The van der Waals surface area contributed by atoms with E-state index in [1.807, 2.05) is 31.2 Å². The van der Waals surface area contributed by atoms with E-state index >= 15 is 0 Å². The quantitative estimate of drug-likeness (QED) is 0.458. The third-order valence-corrected chi connectivity index (χ3v) is 9.86. The van der Waals surface area contributed by atoms with Crippen LogP contribution in [0.2, 0.25) is 0 Å². The number of likely N-dealkylation sites (tertiary alicyclic amines) is 2. The maximum absolute atomic E-state index is 13.1. The highest BCUT2D eigenvalue weighted by Crippen LogP contribution is 2.24. The molecule has 4 aliphatic rings. The summed E-state index contributed by atoms with van der Waals surface area (Å²) >= 11 is 0. The van der Waals surface area contributed by atoms with Gasteiger partial charge in [-0.05, 0) is 65.5 Å². The van der Waals surface area contributed by atoms with Crippen LogP contribution in [0.1, 0.15) is 51.4 Å².